The van der Waals surface area contributed by atoms with Crippen molar-refractivity contribution in [2.45, 2.75) is 17.1 Å². The molecular formula is C33H31Cl2F3N6OS. The van der Waals surface area contributed by atoms with E-state index in [9.17, 15) is 18.0 Å². The summed E-state index contributed by atoms with van der Waals surface area (Å²) in [5, 5.41) is 1.66. The van der Waals surface area contributed by atoms with E-state index in [0.29, 0.717) is 53.5 Å². The molecule has 0 atom stereocenters. The molecule has 1 amide bonds. The maximum absolute atomic E-state index is 13.3. The summed E-state index contributed by atoms with van der Waals surface area (Å²) in [6, 6.07) is 22.4. The predicted octanol–water partition coefficient (Wildman–Crippen LogP) is 7.38. The van der Waals surface area contributed by atoms with Crippen LogP contribution in [-0.2, 0) is 11.9 Å². The fourth-order valence-electron chi connectivity index (χ4n) is 5.67. The molecule has 3 heterocycles. The van der Waals surface area contributed by atoms with E-state index in [1.807, 2.05) is 47.4 Å². The second-order valence-corrected chi connectivity index (χ2v) is 12.8. The average Bonchev–Trinajstić information content (AvgIpc) is 3.07. The first kappa shape index (κ1) is 32.3. The highest BCUT2D eigenvalue weighted by Crippen LogP contribution is 2.32. The van der Waals surface area contributed by atoms with Gasteiger partial charge in [-0.2, -0.15) is 13.2 Å². The standard InChI is InChI=1S/C33H31Cl2F3N6OS/c34-27-9-1-2-10-28(27)42-13-15-43(16-14-42)30-21-29(35)39-32(40-30)46-22-23-5-3-6-24(19-23)31(45)44-17-11-41(12-18-44)26-8-4-7-25(20-26)33(36,37)38/h1-10,19-21H,11-18,22H2. The number of rotatable bonds is 7. The summed E-state index contributed by atoms with van der Waals surface area (Å²) in [5.41, 5.74) is 2.36. The fourth-order valence-corrected chi connectivity index (χ4v) is 6.95. The molecule has 4 aromatic rings. The van der Waals surface area contributed by atoms with Gasteiger partial charge < -0.3 is 19.6 Å². The van der Waals surface area contributed by atoms with Gasteiger partial charge in [-0.25, -0.2) is 9.97 Å². The lowest BCUT2D eigenvalue weighted by atomic mass is 10.1. The zero-order valence-electron chi connectivity index (χ0n) is 24.8. The van der Waals surface area contributed by atoms with Gasteiger partial charge in [-0.3, -0.25) is 4.79 Å². The molecule has 2 aliphatic rings. The molecule has 2 saturated heterocycles. The van der Waals surface area contributed by atoms with Crippen LogP contribution in [0, 0.1) is 0 Å². The highest BCUT2D eigenvalue weighted by Gasteiger charge is 2.31. The van der Waals surface area contributed by atoms with Gasteiger partial charge >= 0.3 is 6.18 Å². The number of alkyl halides is 3. The molecule has 0 unspecified atom stereocenters. The molecule has 13 heteroatoms. The number of thioether (sulfide) groups is 1. The van der Waals surface area contributed by atoms with Gasteiger partial charge in [-0.1, -0.05) is 65.3 Å². The van der Waals surface area contributed by atoms with Gasteiger partial charge in [0.2, 0.25) is 0 Å². The third kappa shape index (κ3) is 7.65. The molecular weight excluding hydrogens is 656 g/mol. The minimum Gasteiger partial charge on any atom is -0.368 e. The van der Waals surface area contributed by atoms with E-state index >= 15 is 0 Å². The first-order valence-corrected chi connectivity index (χ1v) is 16.6. The third-order valence-corrected chi connectivity index (χ3v) is 9.54. The second kappa shape index (κ2) is 14.0. The molecule has 46 heavy (non-hydrogen) atoms. The molecule has 7 nitrogen and oxygen atoms in total. The molecule has 6 rings (SSSR count). The van der Waals surface area contributed by atoms with Crippen molar-refractivity contribution in [1.29, 1.82) is 0 Å². The van der Waals surface area contributed by atoms with Gasteiger partial charge in [0.15, 0.2) is 5.16 Å². The molecule has 0 N–H and O–H groups in total. The fraction of sp³-hybridized carbons (Fsp3) is 0.303. The Balaban J connectivity index is 1.04. The van der Waals surface area contributed by atoms with Gasteiger partial charge in [0, 0.05) is 75.4 Å². The Kier molecular flexibility index (Phi) is 9.81. The maximum Gasteiger partial charge on any atom is 0.416 e. The number of nitrogens with zero attached hydrogens (tertiary/aromatic N) is 6. The summed E-state index contributed by atoms with van der Waals surface area (Å²) < 4.78 is 39.5. The number of halogens is 5. The molecule has 3 aromatic carbocycles. The van der Waals surface area contributed by atoms with Crippen LogP contribution in [0.25, 0.3) is 0 Å². The van der Waals surface area contributed by atoms with Crippen molar-refractivity contribution in [3.8, 4) is 0 Å². The van der Waals surface area contributed by atoms with Crippen molar-refractivity contribution in [3.63, 3.8) is 0 Å². The lowest BCUT2D eigenvalue weighted by Crippen LogP contribution is -2.48. The Labute approximate surface area is 279 Å². The number of para-hydroxylation sites is 1. The van der Waals surface area contributed by atoms with Crippen LogP contribution in [0.5, 0.6) is 0 Å². The number of carbonyl (C=O) groups excluding carboxylic acids is 1. The number of anilines is 3. The van der Waals surface area contributed by atoms with Crippen molar-refractivity contribution < 1.29 is 18.0 Å². The number of hydrogen-bond donors (Lipinski definition) is 0. The second-order valence-electron chi connectivity index (χ2n) is 11.1. The summed E-state index contributed by atoms with van der Waals surface area (Å²) in [7, 11) is 0. The zero-order valence-corrected chi connectivity index (χ0v) is 27.1. The summed E-state index contributed by atoms with van der Waals surface area (Å²) >= 11 is 14.3. The SMILES string of the molecule is O=C(c1cccc(CSc2nc(Cl)cc(N3CCN(c4ccccc4Cl)CC3)n2)c1)N1CCN(c2cccc(C(F)(F)F)c2)CC1. The number of carbonyl (C=O) groups is 1. The van der Waals surface area contributed by atoms with E-state index in [0.717, 1.165) is 60.4 Å². The molecule has 0 radical (unpaired) electrons. The molecule has 240 valence electrons. The van der Waals surface area contributed by atoms with E-state index in [4.69, 9.17) is 28.2 Å². The number of aromatic nitrogens is 2. The first-order valence-electron chi connectivity index (χ1n) is 14.9. The number of hydrogen-bond acceptors (Lipinski definition) is 7. The van der Waals surface area contributed by atoms with Crippen molar-refractivity contribution >= 4 is 58.1 Å². The Hall–Kier alpha value is -3.67. The van der Waals surface area contributed by atoms with Crippen LogP contribution >= 0.6 is 35.0 Å². The molecule has 0 saturated carbocycles. The smallest absolute Gasteiger partial charge is 0.368 e. The minimum atomic E-state index is -4.40. The lowest BCUT2D eigenvalue weighted by Gasteiger charge is -2.37. The van der Waals surface area contributed by atoms with Crippen LogP contribution in [0.15, 0.2) is 84.0 Å². The third-order valence-electron chi connectivity index (χ3n) is 8.11. The highest BCUT2D eigenvalue weighted by atomic mass is 35.5. The average molecular weight is 688 g/mol. The van der Waals surface area contributed by atoms with Crippen LogP contribution in [0.4, 0.5) is 30.4 Å². The van der Waals surface area contributed by atoms with Crippen LogP contribution in [0.2, 0.25) is 10.2 Å². The maximum atomic E-state index is 13.3. The van der Waals surface area contributed by atoms with Gasteiger partial charge in [-0.15, -0.1) is 0 Å². The summed E-state index contributed by atoms with van der Waals surface area (Å²) in [5.74, 6) is 1.21. The van der Waals surface area contributed by atoms with E-state index < -0.39 is 11.7 Å². The van der Waals surface area contributed by atoms with Gasteiger partial charge in [0.25, 0.3) is 5.91 Å². The van der Waals surface area contributed by atoms with Crippen molar-refractivity contribution in [2.75, 3.05) is 67.1 Å². The Morgan fingerprint density at radius 3 is 2.20 bits per heavy atom. The van der Waals surface area contributed by atoms with Crippen LogP contribution in [-0.4, -0.2) is 73.1 Å². The van der Waals surface area contributed by atoms with Crippen molar-refractivity contribution in [1.82, 2.24) is 14.9 Å². The van der Waals surface area contributed by atoms with E-state index in [2.05, 4.69) is 14.8 Å². The number of amides is 1. The first-order chi connectivity index (χ1) is 22.1. The molecule has 1 aromatic heterocycles. The monoisotopic (exact) mass is 686 g/mol. The van der Waals surface area contributed by atoms with E-state index in [1.54, 1.807) is 23.1 Å². The summed E-state index contributed by atoms with van der Waals surface area (Å²) in [6.07, 6.45) is -4.40. The molecule has 0 bridgehead atoms. The van der Waals surface area contributed by atoms with Crippen molar-refractivity contribution in [3.05, 3.63) is 106 Å². The van der Waals surface area contributed by atoms with E-state index in [1.165, 1.54) is 17.8 Å². The van der Waals surface area contributed by atoms with Gasteiger partial charge in [0.05, 0.1) is 16.3 Å². The molecule has 0 spiro atoms. The Bertz CT molecular complexity index is 1690. The van der Waals surface area contributed by atoms with Gasteiger partial charge in [0.1, 0.15) is 11.0 Å². The summed E-state index contributed by atoms with van der Waals surface area (Å²) in [6.45, 7) is 4.86. The van der Waals surface area contributed by atoms with Crippen LogP contribution in [0.3, 0.4) is 0 Å². The van der Waals surface area contributed by atoms with E-state index in [-0.39, 0.29) is 5.91 Å². The van der Waals surface area contributed by atoms with Crippen molar-refractivity contribution in [2.24, 2.45) is 0 Å². The lowest BCUT2D eigenvalue weighted by molar-refractivity contribution is -0.137. The Morgan fingerprint density at radius 2 is 1.46 bits per heavy atom. The van der Waals surface area contributed by atoms with Crippen LogP contribution < -0.4 is 14.7 Å². The molecule has 0 aliphatic carbocycles. The molecule has 2 fully saturated rings. The topological polar surface area (TPSA) is 55.8 Å². The number of piperazine rings is 2. The minimum absolute atomic E-state index is 0.104. The van der Waals surface area contributed by atoms with Crippen LogP contribution in [0.1, 0.15) is 21.5 Å². The number of benzene rings is 3. The molecule has 2 aliphatic heterocycles. The van der Waals surface area contributed by atoms with Gasteiger partial charge in [-0.05, 0) is 48.0 Å². The Morgan fingerprint density at radius 1 is 0.761 bits per heavy atom. The summed E-state index contributed by atoms with van der Waals surface area (Å²) in [4.78, 5) is 30.6. The highest BCUT2D eigenvalue weighted by molar-refractivity contribution is 7.98. The zero-order chi connectivity index (χ0) is 32.3. The quantitative estimate of drug-likeness (QED) is 0.114. The predicted molar refractivity (Wildman–Crippen MR) is 178 cm³/mol. The normalized spacial score (nSPS) is 15.8. The largest absolute Gasteiger partial charge is 0.416 e.